The summed E-state index contributed by atoms with van der Waals surface area (Å²) in [4.78, 5) is 21.6. The van der Waals surface area contributed by atoms with Gasteiger partial charge in [-0.2, -0.15) is 5.10 Å². The van der Waals surface area contributed by atoms with E-state index in [9.17, 15) is 9.90 Å². The van der Waals surface area contributed by atoms with Gasteiger partial charge >= 0.3 is 12.0 Å². The van der Waals surface area contributed by atoms with Gasteiger partial charge in [0.15, 0.2) is 0 Å². The molecule has 0 spiro atoms. The first kappa shape index (κ1) is 22.5. The first-order valence-corrected chi connectivity index (χ1v) is 11.4. The van der Waals surface area contributed by atoms with Crippen LogP contribution in [0.4, 0.5) is 10.6 Å². The summed E-state index contributed by atoms with van der Waals surface area (Å²) in [6, 6.07) is 16.7. The third kappa shape index (κ3) is 4.45. The number of carbonyl (C=O) groups is 1. The van der Waals surface area contributed by atoms with Crippen molar-refractivity contribution in [2.75, 3.05) is 12.4 Å². The Balaban J connectivity index is 1.48. The number of nitrogens with zero attached hydrogens (tertiary/aromatic N) is 4. The number of fused-ring (bicyclic) bond motifs is 1. The minimum atomic E-state index is -0.664. The van der Waals surface area contributed by atoms with E-state index in [0.717, 1.165) is 28.8 Å². The Bertz CT molecular complexity index is 1340. The van der Waals surface area contributed by atoms with Crippen LogP contribution in [0.2, 0.25) is 0 Å². The van der Waals surface area contributed by atoms with Crippen LogP contribution >= 0.6 is 0 Å². The van der Waals surface area contributed by atoms with Crippen molar-refractivity contribution >= 4 is 11.8 Å². The van der Waals surface area contributed by atoms with Crippen LogP contribution in [0, 0.1) is 6.92 Å². The topological polar surface area (TPSA) is 114 Å². The van der Waals surface area contributed by atoms with E-state index in [4.69, 9.17) is 9.84 Å². The molecular formula is C26H26N6O3. The molecule has 0 radical (unpaired) electrons. The number of hydrogen-bond acceptors (Lipinski definition) is 6. The lowest BCUT2D eigenvalue weighted by Crippen LogP contribution is -2.41. The molecule has 178 valence electrons. The number of aliphatic hydroxyl groups is 1. The van der Waals surface area contributed by atoms with Gasteiger partial charge in [0.25, 0.3) is 0 Å². The summed E-state index contributed by atoms with van der Waals surface area (Å²) in [5, 5.41) is 21.3. The van der Waals surface area contributed by atoms with Gasteiger partial charge in [0.1, 0.15) is 11.5 Å². The van der Waals surface area contributed by atoms with Crippen molar-refractivity contribution in [3.05, 3.63) is 83.7 Å². The molecule has 1 aliphatic carbocycles. The number of nitrogens with one attached hydrogen (secondary N) is 2. The number of benzene rings is 2. The van der Waals surface area contributed by atoms with E-state index in [0.29, 0.717) is 23.5 Å². The van der Waals surface area contributed by atoms with Crippen LogP contribution in [0.5, 0.6) is 6.01 Å². The Morgan fingerprint density at radius 2 is 1.80 bits per heavy atom. The number of aromatic nitrogens is 4. The zero-order valence-electron chi connectivity index (χ0n) is 19.5. The molecule has 0 saturated heterocycles. The highest BCUT2D eigenvalue weighted by molar-refractivity contribution is 5.91. The number of carbonyl (C=O) groups excluding carboxylic acids is 1. The number of aryl methyl sites for hydroxylation is 1. The van der Waals surface area contributed by atoms with Gasteiger partial charge in [-0.05, 0) is 43.0 Å². The predicted molar refractivity (Wildman–Crippen MR) is 132 cm³/mol. The van der Waals surface area contributed by atoms with Crippen LogP contribution in [0.3, 0.4) is 0 Å². The summed E-state index contributed by atoms with van der Waals surface area (Å²) in [6.45, 7) is 1.88. The highest BCUT2D eigenvalue weighted by Gasteiger charge is 2.30. The molecule has 2 amide bonds. The standard InChI is InChI=1S/C26H26N6O3/c1-16-22(18-14-27-26(35-2)28-15-18)31-32(19-9-4-3-5-10-19)24(16)30-25(34)29-23-20-11-7-6-8-17(20)12-13-21(23)33/h3-11,14-15,21,23,33H,12-13H2,1-2H3,(H2,29,30,34)/t21-,23?/m1/s1. The number of para-hydroxylation sites is 1. The van der Waals surface area contributed by atoms with E-state index < -0.39 is 18.2 Å². The summed E-state index contributed by atoms with van der Waals surface area (Å²) in [5.41, 5.74) is 4.94. The minimum absolute atomic E-state index is 0.262. The van der Waals surface area contributed by atoms with Gasteiger partial charge in [-0.25, -0.2) is 19.4 Å². The summed E-state index contributed by atoms with van der Waals surface area (Å²) in [7, 11) is 1.51. The number of hydrogen-bond donors (Lipinski definition) is 3. The first-order valence-electron chi connectivity index (χ1n) is 11.4. The lowest BCUT2D eigenvalue weighted by atomic mass is 9.86. The summed E-state index contributed by atoms with van der Waals surface area (Å²) >= 11 is 0. The lowest BCUT2D eigenvalue weighted by molar-refractivity contribution is 0.114. The zero-order valence-corrected chi connectivity index (χ0v) is 19.5. The Morgan fingerprint density at radius 1 is 1.09 bits per heavy atom. The maximum Gasteiger partial charge on any atom is 0.320 e. The normalized spacial score (nSPS) is 16.9. The summed E-state index contributed by atoms with van der Waals surface area (Å²) in [5.74, 6) is 0.512. The largest absolute Gasteiger partial charge is 0.467 e. The fraction of sp³-hybridized carbons (Fsp3) is 0.231. The van der Waals surface area contributed by atoms with E-state index >= 15 is 0 Å². The second-order valence-corrected chi connectivity index (χ2v) is 8.41. The second-order valence-electron chi connectivity index (χ2n) is 8.41. The number of ether oxygens (including phenoxy) is 1. The van der Waals surface area contributed by atoms with Crippen LogP contribution in [0.25, 0.3) is 16.9 Å². The van der Waals surface area contributed by atoms with Crippen LogP contribution in [-0.4, -0.2) is 44.1 Å². The molecule has 2 aromatic carbocycles. The van der Waals surface area contributed by atoms with Crippen LogP contribution < -0.4 is 15.4 Å². The fourth-order valence-corrected chi connectivity index (χ4v) is 4.42. The van der Waals surface area contributed by atoms with Gasteiger partial charge in [-0.15, -0.1) is 0 Å². The van der Waals surface area contributed by atoms with Gasteiger partial charge in [-0.1, -0.05) is 42.5 Å². The monoisotopic (exact) mass is 470 g/mol. The zero-order chi connectivity index (χ0) is 24.4. The molecule has 2 aromatic heterocycles. The molecule has 0 saturated carbocycles. The highest BCUT2D eigenvalue weighted by atomic mass is 16.5. The van der Waals surface area contributed by atoms with E-state index in [1.807, 2.05) is 61.5 Å². The average molecular weight is 471 g/mol. The number of anilines is 1. The maximum atomic E-state index is 13.2. The van der Waals surface area contributed by atoms with Crippen molar-refractivity contribution in [2.45, 2.75) is 31.9 Å². The predicted octanol–water partition coefficient (Wildman–Crippen LogP) is 3.82. The molecule has 2 heterocycles. The van der Waals surface area contributed by atoms with E-state index in [2.05, 4.69) is 20.6 Å². The van der Waals surface area contributed by atoms with Gasteiger partial charge < -0.3 is 15.2 Å². The number of aliphatic hydroxyl groups excluding tert-OH is 1. The molecule has 4 aromatic rings. The second kappa shape index (κ2) is 9.55. The Kier molecular flexibility index (Phi) is 6.15. The number of amides is 2. The SMILES string of the molecule is COc1ncc(-c2nn(-c3ccccc3)c(NC(=O)NC3c4ccccc4CC[C@H]3O)c2C)cn1. The number of methoxy groups -OCH3 is 1. The first-order chi connectivity index (χ1) is 17.0. The molecule has 0 bridgehead atoms. The molecule has 3 N–H and O–H groups in total. The molecular weight excluding hydrogens is 444 g/mol. The third-order valence-electron chi connectivity index (χ3n) is 6.21. The minimum Gasteiger partial charge on any atom is -0.467 e. The van der Waals surface area contributed by atoms with Crippen LogP contribution in [-0.2, 0) is 6.42 Å². The smallest absolute Gasteiger partial charge is 0.320 e. The van der Waals surface area contributed by atoms with E-state index in [1.54, 1.807) is 17.1 Å². The summed E-state index contributed by atoms with van der Waals surface area (Å²) < 4.78 is 6.74. The van der Waals surface area contributed by atoms with Gasteiger partial charge in [-0.3, -0.25) is 5.32 Å². The molecule has 5 rings (SSSR count). The van der Waals surface area contributed by atoms with Gasteiger partial charge in [0.05, 0.1) is 24.9 Å². The van der Waals surface area contributed by atoms with E-state index in [1.165, 1.54) is 7.11 Å². The van der Waals surface area contributed by atoms with Gasteiger partial charge in [0, 0.05) is 23.5 Å². The van der Waals surface area contributed by atoms with Crippen molar-refractivity contribution < 1.29 is 14.6 Å². The third-order valence-corrected chi connectivity index (χ3v) is 6.21. The Morgan fingerprint density at radius 3 is 2.54 bits per heavy atom. The molecule has 35 heavy (non-hydrogen) atoms. The molecule has 1 unspecified atom stereocenters. The Hall–Kier alpha value is -4.24. The maximum absolute atomic E-state index is 13.2. The van der Waals surface area contributed by atoms with Crippen molar-refractivity contribution in [3.8, 4) is 23.0 Å². The van der Waals surface area contributed by atoms with Gasteiger partial charge in [0.2, 0.25) is 0 Å². The van der Waals surface area contributed by atoms with Crippen molar-refractivity contribution in [1.29, 1.82) is 0 Å². The fourth-order valence-electron chi connectivity index (χ4n) is 4.42. The molecule has 9 nitrogen and oxygen atoms in total. The molecule has 9 heteroatoms. The average Bonchev–Trinajstić information content (AvgIpc) is 3.22. The van der Waals surface area contributed by atoms with Crippen LogP contribution in [0.1, 0.15) is 29.2 Å². The molecule has 0 fully saturated rings. The molecule has 1 aliphatic rings. The van der Waals surface area contributed by atoms with Crippen molar-refractivity contribution in [1.82, 2.24) is 25.1 Å². The van der Waals surface area contributed by atoms with Crippen LogP contribution in [0.15, 0.2) is 67.0 Å². The number of rotatable bonds is 5. The van der Waals surface area contributed by atoms with E-state index in [-0.39, 0.29) is 6.01 Å². The Labute approximate surface area is 202 Å². The summed E-state index contributed by atoms with van der Waals surface area (Å²) in [6.07, 6.45) is 3.98. The highest BCUT2D eigenvalue weighted by Crippen LogP contribution is 2.32. The number of urea groups is 1. The molecule has 2 atom stereocenters. The van der Waals surface area contributed by atoms with Crippen molar-refractivity contribution in [3.63, 3.8) is 0 Å². The molecule has 0 aliphatic heterocycles. The van der Waals surface area contributed by atoms with Crippen molar-refractivity contribution in [2.24, 2.45) is 0 Å². The lowest BCUT2D eigenvalue weighted by Gasteiger charge is -2.31. The quantitative estimate of drug-likeness (QED) is 0.409.